The number of ketones is 1. The van der Waals surface area contributed by atoms with Gasteiger partial charge in [0.2, 0.25) is 0 Å². The van der Waals surface area contributed by atoms with Gasteiger partial charge in [-0.15, -0.1) is 0 Å². The zero-order valence-electron chi connectivity index (χ0n) is 9.31. The fourth-order valence-electron chi connectivity index (χ4n) is 1.89. The van der Waals surface area contributed by atoms with E-state index in [1.807, 2.05) is 35.2 Å². The Kier molecular flexibility index (Phi) is 2.90. The van der Waals surface area contributed by atoms with Gasteiger partial charge < -0.3 is 9.80 Å². The highest BCUT2D eigenvalue weighted by molar-refractivity contribution is 5.97. The van der Waals surface area contributed by atoms with Gasteiger partial charge >= 0.3 is 0 Å². The number of nitrogens with zero attached hydrogens (tertiary/aromatic N) is 2. The van der Waals surface area contributed by atoms with E-state index < -0.39 is 0 Å². The topological polar surface area (TPSA) is 47.4 Å². The van der Waals surface area contributed by atoms with Crippen LogP contribution in [0, 0.1) is 5.41 Å². The average molecular weight is 217 g/mol. The molecule has 0 aromatic heterocycles. The largest absolute Gasteiger partial charge is 0.334 e. The SMILES string of the molecule is CC(=O)CN1CCN(c2ccccc2)C1=N. The maximum atomic E-state index is 11.0. The average Bonchev–Trinajstić information content (AvgIpc) is 2.61. The maximum absolute atomic E-state index is 11.0. The number of benzene rings is 1. The summed E-state index contributed by atoms with van der Waals surface area (Å²) in [6, 6.07) is 9.82. The molecule has 4 heteroatoms. The Morgan fingerprint density at radius 1 is 1.31 bits per heavy atom. The van der Waals surface area contributed by atoms with Crippen LogP contribution < -0.4 is 4.90 Å². The Bertz CT molecular complexity index is 402. The molecule has 0 amide bonds. The summed E-state index contributed by atoms with van der Waals surface area (Å²) >= 11 is 0. The molecule has 0 atom stereocenters. The van der Waals surface area contributed by atoms with Crippen molar-refractivity contribution in [3.8, 4) is 0 Å². The molecule has 0 aliphatic carbocycles. The first-order valence-electron chi connectivity index (χ1n) is 5.34. The second-order valence-electron chi connectivity index (χ2n) is 3.93. The highest BCUT2D eigenvalue weighted by Crippen LogP contribution is 2.18. The third-order valence-electron chi connectivity index (χ3n) is 2.63. The minimum atomic E-state index is 0.0969. The summed E-state index contributed by atoms with van der Waals surface area (Å²) in [6.07, 6.45) is 0. The zero-order chi connectivity index (χ0) is 11.5. The van der Waals surface area contributed by atoms with Gasteiger partial charge in [0.05, 0.1) is 6.54 Å². The summed E-state index contributed by atoms with van der Waals surface area (Å²) in [6.45, 7) is 3.41. The summed E-state index contributed by atoms with van der Waals surface area (Å²) < 4.78 is 0. The van der Waals surface area contributed by atoms with Gasteiger partial charge in [0, 0.05) is 18.8 Å². The standard InChI is InChI=1S/C12H15N3O/c1-10(16)9-14-7-8-15(12(14)13)11-5-3-2-4-6-11/h2-6,13H,7-9H2,1H3. The van der Waals surface area contributed by atoms with Gasteiger partial charge in [-0.25, -0.2) is 0 Å². The van der Waals surface area contributed by atoms with Crippen LogP contribution in [0.25, 0.3) is 0 Å². The first kappa shape index (κ1) is 10.7. The van der Waals surface area contributed by atoms with Crippen LogP contribution in [0.4, 0.5) is 5.69 Å². The first-order valence-corrected chi connectivity index (χ1v) is 5.34. The molecule has 1 aromatic rings. The molecule has 0 radical (unpaired) electrons. The second kappa shape index (κ2) is 4.35. The predicted octanol–water partition coefficient (Wildman–Crippen LogP) is 1.33. The van der Waals surface area contributed by atoms with Crippen LogP contribution in [0.5, 0.6) is 0 Å². The van der Waals surface area contributed by atoms with Gasteiger partial charge in [-0.2, -0.15) is 0 Å². The highest BCUT2D eigenvalue weighted by Gasteiger charge is 2.26. The quantitative estimate of drug-likeness (QED) is 0.831. The second-order valence-corrected chi connectivity index (χ2v) is 3.93. The van der Waals surface area contributed by atoms with Crippen LogP contribution in [0.1, 0.15) is 6.92 Å². The molecule has 4 nitrogen and oxygen atoms in total. The van der Waals surface area contributed by atoms with E-state index in [2.05, 4.69) is 0 Å². The molecule has 16 heavy (non-hydrogen) atoms. The molecule has 1 heterocycles. The maximum Gasteiger partial charge on any atom is 0.198 e. The number of hydrogen-bond donors (Lipinski definition) is 1. The number of nitrogens with one attached hydrogen (secondary N) is 1. The molecule has 0 spiro atoms. The summed E-state index contributed by atoms with van der Waals surface area (Å²) in [5.41, 5.74) is 1.01. The lowest BCUT2D eigenvalue weighted by molar-refractivity contribution is -0.117. The number of anilines is 1. The Balaban J connectivity index is 2.11. The van der Waals surface area contributed by atoms with Crippen LogP contribution in [-0.2, 0) is 4.79 Å². The normalized spacial score (nSPS) is 15.7. The predicted molar refractivity (Wildman–Crippen MR) is 63.8 cm³/mol. The van der Waals surface area contributed by atoms with Crippen LogP contribution in [-0.4, -0.2) is 36.3 Å². The monoisotopic (exact) mass is 217 g/mol. The highest BCUT2D eigenvalue weighted by atomic mass is 16.1. The van der Waals surface area contributed by atoms with Crippen LogP contribution in [0.2, 0.25) is 0 Å². The number of Topliss-reactive ketones (excluding diaryl/α,β-unsaturated/α-hetero) is 1. The lowest BCUT2D eigenvalue weighted by atomic mass is 10.3. The van der Waals surface area contributed by atoms with E-state index in [4.69, 9.17) is 5.41 Å². The van der Waals surface area contributed by atoms with Gasteiger partial charge in [-0.1, -0.05) is 18.2 Å². The van der Waals surface area contributed by atoms with Gasteiger partial charge in [-0.05, 0) is 19.1 Å². The molecule has 0 unspecified atom stereocenters. The van der Waals surface area contributed by atoms with E-state index in [9.17, 15) is 4.79 Å². The Morgan fingerprint density at radius 2 is 2.00 bits per heavy atom. The summed E-state index contributed by atoms with van der Waals surface area (Å²) in [7, 11) is 0. The molecule has 1 saturated heterocycles. The summed E-state index contributed by atoms with van der Waals surface area (Å²) in [5.74, 6) is 0.515. The van der Waals surface area contributed by atoms with Crippen molar-refractivity contribution in [2.45, 2.75) is 6.92 Å². The van der Waals surface area contributed by atoms with Crippen molar-refractivity contribution in [2.75, 3.05) is 24.5 Å². The zero-order valence-corrected chi connectivity index (χ0v) is 9.31. The number of carbonyl (C=O) groups is 1. The third-order valence-corrected chi connectivity index (χ3v) is 2.63. The third kappa shape index (κ3) is 2.05. The van der Waals surface area contributed by atoms with Gasteiger partial charge in [0.25, 0.3) is 0 Å². The van der Waals surface area contributed by atoms with E-state index in [0.29, 0.717) is 12.5 Å². The van der Waals surface area contributed by atoms with Crippen molar-refractivity contribution in [3.63, 3.8) is 0 Å². The van der Waals surface area contributed by atoms with Gasteiger partial charge in [0.15, 0.2) is 5.96 Å². The molecule has 1 aromatic carbocycles. The molecule has 0 bridgehead atoms. The molecular formula is C12H15N3O. The van der Waals surface area contributed by atoms with E-state index in [1.54, 1.807) is 11.8 Å². The van der Waals surface area contributed by atoms with Crippen molar-refractivity contribution in [2.24, 2.45) is 0 Å². The van der Waals surface area contributed by atoms with Crippen molar-refractivity contribution >= 4 is 17.4 Å². The van der Waals surface area contributed by atoms with E-state index in [1.165, 1.54) is 0 Å². The summed E-state index contributed by atoms with van der Waals surface area (Å²) in [4.78, 5) is 14.8. The van der Waals surface area contributed by atoms with Crippen molar-refractivity contribution in [1.29, 1.82) is 5.41 Å². The molecule has 1 aliphatic heterocycles. The Labute approximate surface area is 95.0 Å². The molecule has 84 valence electrons. The molecule has 0 saturated carbocycles. The minimum Gasteiger partial charge on any atom is -0.334 e. The number of guanidine groups is 1. The first-order chi connectivity index (χ1) is 7.68. The number of hydrogen-bond acceptors (Lipinski definition) is 2. The van der Waals surface area contributed by atoms with Crippen molar-refractivity contribution in [1.82, 2.24) is 4.90 Å². The molecule has 2 rings (SSSR count). The van der Waals surface area contributed by atoms with Crippen LogP contribution >= 0.6 is 0 Å². The smallest absolute Gasteiger partial charge is 0.198 e. The van der Waals surface area contributed by atoms with Crippen LogP contribution in [0.3, 0.4) is 0 Å². The van der Waals surface area contributed by atoms with Crippen molar-refractivity contribution < 1.29 is 4.79 Å². The lowest BCUT2D eigenvalue weighted by Crippen LogP contribution is -2.35. The number of rotatable bonds is 3. The number of para-hydroxylation sites is 1. The summed E-state index contributed by atoms with van der Waals surface area (Å²) in [5, 5.41) is 7.99. The van der Waals surface area contributed by atoms with Crippen molar-refractivity contribution in [3.05, 3.63) is 30.3 Å². The molecule has 1 N–H and O–H groups in total. The van der Waals surface area contributed by atoms with Gasteiger partial charge in [0.1, 0.15) is 5.78 Å². The van der Waals surface area contributed by atoms with Gasteiger partial charge in [-0.3, -0.25) is 10.2 Å². The van der Waals surface area contributed by atoms with E-state index in [-0.39, 0.29) is 5.78 Å². The fraction of sp³-hybridized carbons (Fsp3) is 0.333. The minimum absolute atomic E-state index is 0.0969. The molecule has 1 aliphatic rings. The Morgan fingerprint density at radius 3 is 2.62 bits per heavy atom. The fourth-order valence-corrected chi connectivity index (χ4v) is 1.89. The van der Waals surface area contributed by atoms with E-state index in [0.717, 1.165) is 18.8 Å². The molecule has 1 fully saturated rings. The molecular weight excluding hydrogens is 202 g/mol. The lowest BCUT2D eigenvalue weighted by Gasteiger charge is -2.20. The van der Waals surface area contributed by atoms with Crippen LogP contribution in [0.15, 0.2) is 30.3 Å². The number of carbonyl (C=O) groups excluding carboxylic acids is 1. The Hall–Kier alpha value is -1.84. The van der Waals surface area contributed by atoms with E-state index >= 15 is 0 Å².